The predicted molar refractivity (Wildman–Crippen MR) is 168 cm³/mol. The van der Waals surface area contributed by atoms with Crippen LogP contribution < -0.4 is 9.64 Å². The van der Waals surface area contributed by atoms with E-state index in [4.69, 9.17) is 9.47 Å². The van der Waals surface area contributed by atoms with Gasteiger partial charge < -0.3 is 24.2 Å². The van der Waals surface area contributed by atoms with Crippen molar-refractivity contribution in [2.75, 3.05) is 71.5 Å². The van der Waals surface area contributed by atoms with Gasteiger partial charge in [-0.25, -0.2) is 4.39 Å². The molecule has 1 atom stereocenters. The maximum Gasteiger partial charge on any atom is 0.262 e. The van der Waals surface area contributed by atoms with Crippen molar-refractivity contribution in [1.82, 2.24) is 24.9 Å². The van der Waals surface area contributed by atoms with Gasteiger partial charge in [-0.15, -0.1) is 5.10 Å². The van der Waals surface area contributed by atoms with Gasteiger partial charge in [0.05, 0.1) is 18.4 Å². The fourth-order valence-electron chi connectivity index (χ4n) is 6.70. The molecule has 0 unspecified atom stereocenters. The maximum absolute atomic E-state index is 14.3. The smallest absolute Gasteiger partial charge is 0.262 e. The first-order chi connectivity index (χ1) is 20.6. The molecule has 238 valence electrons. The second kappa shape index (κ2) is 14.8. The van der Waals surface area contributed by atoms with Gasteiger partial charge in [0.1, 0.15) is 17.3 Å². The number of anilines is 1. The van der Waals surface area contributed by atoms with Crippen LogP contribution in [0.1, 0.15) is 64.2 Å². The minimum absolute atomic E-state index is 0.0268. The first-order valence-corrected chi connectivity index (χ1v) is 15.8. The molecule has 1 aromatic carbocycles. The number of rotatable bonds is 15. The van der Waals surface area contributed by atoms with Gasteiger partial charge in [0.2, 0.25) is 0 Å². The van der Waals surface area contributed by atoms with Crippen molar-refractivity contribution in [1.29, 1.82) is 0 Å². The number of carbonyl (C=O) groups excluding carboxylic acids is 1. The molecule has 1 aromatic heterocycles. The summed E-state index contributed by atoms with van der Waals surface area (Å²) in [6.07, 6.45) is 5.16. The van der Waals surface area contributed by atoms with Crippen molar-refractivity contribution in [2.45, 2.75) is 66.0 Å². The quantitative estimate of drug-likeness (QED) is 0.278. The van der Waals surface area contributed by atoms with Crippen LogP contribution in [0, 0.1) is 17.2 Å². The van der Waals surface area contributed by atoms with Crippen LogP contribution >= 0.6 is 0 Å². The van der Waals surface area contributed by atoms with E-state index >= 15 is 0 Å². The zero-order valence-corrected chi connectivity index (χ0v) is 27.2. The van der Waals surface area contributed by atoms with Gasteiger partial charge in [0, 0.05) is 63.9 Å². The van der Waals surface area contributed by atoms with E-state index in [1.54, 1.807) is 18.2 Å². The SMILES string of the molecule is CCN(C(=O)c1cc(F)ccc1Oc1nnccc1N1CCC2(C1)CN([C@@H](CCCN(C)CCOC)C(C)C)C2)C(C)C. The molecule has 1 spiro atoms. The molecular weight excluding hydrogens is 547 g/mol. The van der Waals surface area contributed by atoms with Crippen LogP contribution in [0.25, 0.3) is 0 Å². The summed E-state index contributed by atoms with van der Waals surface area (Å²) >= 11 is 0. The molecule has 2 fully saturated rings. The maximum atomic E-state index is 14.3. The Morgan fingerprint density at radius 2 is 1.91 bits per heavy atom. The lowest BCUT2D eigenvalue weighted by Crippen LogP contribution is -2.62. The van der Waals surface area contributed by atoms with Crippen LogP contribution in [-0.2, 0) is 4.74 Å². The molecule has 0 bridgehead atoms. The highest BCUT2D eigenvalue weighted by atomic mass is 19.1. The normalized spacial score (nSPS) is 17.2. The van der Waals surface area contributed by atoms with Gasteiger partial charge in [0.25, 0.3) is 11.8 Å². The summed E-state index contributed by atoms with van der Waals surface area (Å²) < 4.78 is 25.8. The molecule has 0 N–H and O–H groups in total. The zero-order chi connectivity index (χ0) is 31.1. The third-order valence-corrected chi connectivity index (χ3v) is 9.08. The second-order valence-corrected chi connectivity index (χ2v) is 13.0. The van der Waals surface area contributed by atoms with Gasteiger partial charge >= 0.3 is 0 Å². The Labute approximate surface area is 257 Å². The Hall–Kier alpha value is -2.82. The summed E-state index contributed by atoms with van der Waals surface area (Å²) in [6.45, 7) is 17.8. The van der Waals surface area contributed by atoms with E-state index in [1.807, 2.05) is 26.8 Å². The number of carbonyl (C=O) groups is 1. The van der Waals surface area contributed by atoms with E-state index in [0.29, 0.717) is 24.4 Å². The third kappa shape index (κ3) is 8.02. The molecule has 0 aliphatic carbocycles. The highest BCUT2D eigenvalue weighted by molar-refractivity contribution is 5.97. The summed E-state index contributed by atoms with van der Waals surface area (Å²) in [4.78, 5) is 22.4. The van der Waals surface area contributed by atoms with Crippen LogP contribution in [-0.4, -0.2) is 109 Å². The van der Waals surface area contributed by atoms with Gasteiger partial charge in [-0.2, -0.15) is 5.10 Å². The molecule has 0 radical (unpaired) electrons. The largest absolute Gasteiger partial charge is 0.435 e. The minimum atomic E-state index is -0.483. The number of amides is 1. The molecule has 4 rings (SSSR count). The van der Waals surface area contributed by atoms with Crippen LogP contribution in [0.15, 0.2) is 30.5 Å². The number of hydrogen-bond acceptors (Lipinski definition) is 8. The second-order valence-electron chi connectivity index (χ2n) is 13.0. The lowest BCUT2D eigenvalue weighted by Gasteiger charge is -2.53. The zero-order valence-electron chi connectivity index (χ0n) is 27.2. The van der Waals surface area contributed by atoms with E-state index in [-0.39, 0.29) is 28.7 Å². The van der Waals surface area contributed by atoms with Crippen LogP contribution in [0.3, 0.4) is 0 Å². The third-order valence-electron chi connectivity index (χ3n) is 9.08. The van der Waals surface area contributed by atoms with Gasteiger partial charge in [-0.05, 0) is 83.8 Å². The Balaban J connectivity index is 1.42. The lowest BCUT2D eigenvalue weighted by atomic mass is 9.76. The van der Waals surface area contributed by atoms with E-state index in [1.165, 1.54) is 31.0 Å². The highest BCUT2D eigenvalue weighted by Crippen LogP contribution is 2.45. The molecule has 2 saturated heterocycles. The number of benzene rings is 1. The van der Waals surface area contributed by atoms with Crippen molar-refractivity contribution < 1.29 is 18.7 Å². The van der Waals surface area contributed by atoms with E-state index < -0.39 is 5.82 Å². The lowest BCUT2D eigenvalue weighted by molar-refractivity contribution is -0.0344. The number of ether oxygens (including phenoxy) is 2. The molecule has 2 aromatic rings. The first-order valence-electron chi connectivity index (χ1n) is 15.8. The van der Waals surface area contributed by atoms with Gasteiger partial charge in [0.15, 0.2) is 0 Å². The Kier molecular flexibility index (Phi) is 11.4. The topological polar surface area (TPSA) is 74.3 Å². The van der Waals surface area contributed by atoms with Gasteiger partial charge in [-0.1, -0.05) is 13.8 Å². The fraction of sp³-hybridized carbons (Fsp3) is 0.667. The number of aromatic nitrogens is 2. The summed E-state index contributed by atoms with van der Waals surface area (Å²) in [5.74, 6) is 0.470. The molecule has 2 aliphatic rings. The van der Waals surface area contributed by atoms with Crippen LogP contribution in [0.4, 0.5) is 10.1 Å². The molecule has 9 nitrogen and oxygen atoms in total. The van der Waals surface area contributed by atoms with Crippen molar-refractivity contribution >= 4 is 11.6 Å². The predicted octanol–water partition coefficient (Wildman–Crippen LogP) is 5.17. The van der Waals surface area contributed by atoms with Crippen molar-refractivity contribution in [2.24, 2.45) is 11.3 Å². The van der Waals surface area contributed by atoms with Crippen molar-refractivity contribution in [3.05, 3.63) is 41.8 Å². The standard InChI is InChI=1S/C33H51FN6O3/c1-8-40(25(4)5)32(41)27-20-26(34)11-12-30(27)43-31-29(13-15-35-36-31)38-17-14-33(21-38)22-39(23-33)28(24(2)3)10-9-16-37(6)18-19-42-7/h11-13,15,20,24-25,28H,8-10,14,16-19,21-23H2,1-7H3/t28-/m0/s1. The first kappa shape index (κ1) is 33.1. The minimum Gasteiger partial charge on any atom is -0.435 e. The number of methoxy groups -OCH3 is 1. The average Bonchev–Trinajstić information content (AvgIpc) is 3.40. The monoisotopic (exact) mass is 598 g/mol. The molecule has 0 saturated carbocycles. The average molecular weight is 599 g/mol. The number of halogens is 1. The number of hydrogen-bond donors (Lipinski definition) is 0. The Morgan fingerprint density at radius 3 is 2.58 bits per heavy atom. The highest BCUT2D eigenvalue weighted by Gasteiger charge is 2.50. The van der Waals surface area contributed by atoms with Crippen molar-refractivity contribution in [3.63, 3.8) is 0 Å². The van der Waals surface area contributed by atoms with Gasteiger partial charge in [-0.3, -0.25) is 9.69 Å². The summed E-state index contributed by atoms with van der Waals surface area (Å²) in [6, 6.07) is 6.54. The number of nitrogens with zero attached hydrogens (tertiary/aromatic N) is 6. The molecule has 2 aliphatic heterocycles. The molecule has 10 heteroatoms. The number of likely N-dealkylation sites (N-methyl/N-ethyl adjacent to an activating group) is 1. The van der Waals surface area contributed by atoms with Crippen molar-refractivity contribution in [3.8, 4) is 11.6 Å². The van der Waals surface area contributed by atoms with E-state index in [2.05, 4.69) is 45.8 Å². The summed E-state index contributed by atoms with van der Waals surface area (Å²) in [7, 11) is 3.92. The Bertz CT molecular complexity index is 1200. The molecule has 3 heterocycles. The van der Waals surface area contributed by atoms with E-state index in [9.17, 15) is 9.18 Å². The molecule has 43 heavy (non-hydrogen) atoms. The summed E-state index contributed by atoms with van der Waals surface area (Å²) in [5, 5.41) is 8.39. The van der Waals surface area contributed by atoms with Crippen LogP contribution in [0.5, 0.6) is 11.6 Å². The summed E-state index contributed by atoms with van der Waals surface area (Å²) in [5.41, 5.74) is 1.28. The van der Waals surface area contributed by atoms with E-state index in [0.717, 1.165) is 58.0 Å². The Morgan fingerprint density at radius 1 is 1.14 bits per heavy atom. The fourth-order valence-corrected chi connectivity index (χ4v) is 6.70. The van der Waals surface area contributed by atoms with Crippen LogP contribution in [0.2, 0.25) is 0 Å². The molecule has 1 amide bonds. The molecular formula is C33H51FN6O3. The number of likely N-dealkylation sites (tertiary alicyclic amines) is 1.